The zero-order valence-electron chi connectivity index (χ0n) is 17.1. The van der Waals surface area contributed by atoms with Crippen LogP contribution < -0.4 is 10.2 Å². The van der Waals surface area contributed by atoms with Gasteiger partial charge in [0.1, 0.15) is 6.54 Å². The third kappa shape index (κ3) is 7.18. The molecular formula is C21H30IN5OS. The van der Waals surface area contributed by atoms with E-state index in [-0.39, 0.29) is 36.4 Å². The van der Waals surface area contributed by atoms with Crippen molar-refractivity contribution in [2.75, 3.05) is 58.3 Å². The van der Waals surface area contributed by atoms with Crippen LogP contribution in [0.5, 0.6) is 0 Å². The van der Waals surface area contributed by atoms with Gasteiger partial charge in [0.25, 0.3) is 0 Å². The fourth-order valence-corrected chi connectivity index (χ4v) is 3.89. The third-order valence-corrected chi connectivity index (χ3v) is 5.73. The number of rotatable bonds is 6. The Hall–Kier alpha value is -1.81. The number of likely N-dealkylation sites (N-methyl/N-ethyl adjacent to an activating group) is 1. The summed E-state index contributed by atoms with van der Waals surface area (Å²) in [4.78, 5) is 22.9. The number of amides is 1. The number of nitrogens with one attached hydrogen (secondary N) is 1. The molecule has 0 unspecified atom stereocenters. The zero-order chi connectivity index (χ0) is 19.8. The Balaban J connectivity index is 0.00000300. The van der Waals surface area contributed by atoms with Gasteiger partial charge in [0.05, 0.1) is 5.00 Å². The highest BCUT2D eigenvalue weighted by Gasteiger charge is 2.20. The van der Waals surface area contributed by atoms with Crippen LogP contribution in [-0.4, -0.2) is 75.0 Å². The van der Waals surface area contributed by atoms with E-state index in [1.807, 2.05) is 6.07 Å². The summed E-state index contributed by atoms with van der Waals surface area (Å²) in [6.07, 6.45) is 0.927. The van der Waals surface area contributed by atoms with Crippen LogP contribution in [0.3, 0.4) is 0 Å². The van der Waals surface area contributed by atoms with Crippen LogP contribution >= 0.6 is 35.3 Å². The van der Waals surface area contributed by atoms with E-state index in [0.29, 0.717) is 0 Å². The van der Waals surface area contributed by atoms with E-state index in [4.69, 9.17) is 0 Å². The molecule has 3 rings (SSSR count). The van der Waals surface area contributed by atoms with Crippen LogP contribution in [0.2, 0.25) is 0 Å². The van der Waals surface area contributed by atoms with Gasteiger partial charge in [0, 0.05) is 46.8 Å². The zero-order valence-corrected chi connectivity index (χ0v) is 20.2. The lowest BCUT2D eigenvalue weighted by atomic mass is 10.1. The maximum Gasteiger partial charge on any atom is 0.243 e. The fraction of sp³-hybridized carbons (Fsp3) is 0.429. The summed E-state index contributed by atoms with van der Waals surface area (Å²) < 4.78 is 0. The van der Waals surface area contributed by atoms with E-state index in [0.717, 1.165) is 45.1 Å². The van der Waals surface area contributed by atoms with Gasteiger partial charge in [-0.05, 0) is 29.5 Å². The Bertz CT molecular complexity index is 759. The molecule has 0 bridgehead atoms. The van der Waals surface area contributed by atoms with Crippen molar-refractivity contribution in [2.24, 2.45) is 4.99 Å². The summed E-state index contributed by atoms with van der Waals surface area (Å²) in [6, 6.07) is 14.7. The van der Waals surface area contributed by atoms with Crippen molar-refractivity contribution < 1.29 is 4.79 Å². The van der Waals surface area contributed by atoms with Crippen LogP contribution in [0.15, 0.2) is 52.8 Å². The molecule has 0 atom stereocenters. The Morgan fingerprint density at radius 1 is 1.10 bits per heavy atom. The number of guanidine groups is 1. The van der Waals surface area contributed by atoms with Crippen LogP contribution in [0.25, 0.3) is 0 Å². The van der Waals surface area contributed by atoms with Gasteiger partial charge < -0.3 is 20.0 Å². The second kappa shape index (κ2) is 12.0. The summed E-state index contributed by atoms with van der Waals surface area (Å²) in [5.74, 6) is 0.844. The molecule has 0 radical (unpaired) electrons. The van der Waals surface area contributed by atoms with Crippen LogP contribution in [0.4, 0.5) is 5.00 Å². The monoisotopic (exact) mass is 527 g/mol. The second-order valence-corrected chi connectivity index (χ2v) is 7.94. The highest BCUT2D eigenvalue weighted by molar-refractivity contribution is 14.0. The van der Waals surface area contributed by atoms with Crippen LogP contribution in [0, 0.1) is 0 Å². The first-order chi connectivity index (χ1) is 13.6. The summed E-state index contributed by atoms with van der Waals surface area (Å²) in [5, 5.41) is 6.91. The molecular weight excluding hydrogens is 497 g/mol. The molecule has 6 nitrogen and oxygen atoms in total. The van der Waals surface area contributed by atoms with Gasteiger partial charge in [-0.1, -0.05) is 30.3 Å². The maximum atomic E-state index is 12.0. The van der Waals surface area contributed by atoms with Gasteiger partial charge in [-0.15, -0.1) is 35.3 Å². The number of carbonyl (C=O) groups excluding carboxylic acids is 1. The number of aliphatic imine (C=N–C) groups is 1. The molecule has 1 amide bonds. The molecule has 2 heterocycles. The average Bonchev–Trinajstić information content (AvgIpc) is 3.26. The summed E-state index contributed by atoms with van der Waals surface area (Å²) in [6.45, 7) is 4.68. The first-order valence-corrected chi connectivity index (χ1v) is 10.6. The minimum atomic E-state index is 0. The molecule has 0 aliphatic carbocycles. The molecule has 1 N–H and O–H groups in total. The molecule has 1 aromatic heterocycles. The van der Waals surface area contributed by atoms with Crippen LogP contribution in [0.1, 0.15) is 5.56 Å². The number of nitrogens with zero attached hydrogens (tertiary/aromatic N) is 4. The molecule has 1 aliphatic heterocycles. The standard InChI is InChI=1S/C21H29N5OS.HI/c1-24(2)19(27)17-23-21(22-11-10-18-7-4-3-5-8-18)26-14-12-25(13-15-26)20-9-6-16-28-20;/h3-9,16H,10-15,17H2,1-2H3,(H,22,23);1H. The largest absolute Gasteiger partial charge is 0.360 e. The summed E-state index contributed by atoms with van der Waals surface area (Å²) >= 11 is 1.78. The number of carbonyl (C=O) groups is 1. The van der Waals surface area contributed by atoms with Crippen molar-refractivity contribution >= 4 is 52.2 Å². The Morgan fingerprint density at radius 3 is 2.45 bits per heavy atom. The molecule has 2 aromatic rings. The van der Waals surface area contributed by atoms with Gasteiger partial charge in [0.2, 0.25) is 5.91 Å². The van der Waals surface area contributed by atoms with Crippen molar-refractivity contribution in [1.82, 2.24) is 15.1 Å². The van der Waals surface area contributed by atoms with Crippen LogP contribution in [-0.2, 0) is 11.2 Å². The number of hydrogen-bond donors (Lipinski definition) is 1. The van der Waals surface area contributed by atoms with Gasteiger partial charge in [-0.25, -0.2) is 4.99 Å². The minimum absolute atomic E-state index is 0. The lowest BCUT2D eigenvalue weighted by Crippen LogP contribution is -2.53. The lowest BCUT2D eigenvalue weighted by Gasteiger charge is -2.37. The predicted molar refractivity (Wildman–Crippen MR) is 133 cm³/mol. The van der Waals surface area contributed by atoms with Crippen molar-refractivity contribution in [3.05, 3.63) is 53.4 Å². The highest BCUT2D eigenvalue weighted by Crippen LogP contribution is 2.22. The fourth-order valence-electron chi connectivity index (χ4n) is 3.10. The number of piperazine rings is 1. The van der Waals surface area contributed by atoms with Gasteiger partial charge >= 0.3 is 0 Å². The molecule has 29 heavy (non-hydrogen) atoms. The smallest absolute Gasteiger partial charge is 0.243 e. The molecule has 158 valence electrons. The second-order valence-electron chi connectivity index (χ2n) is 7.02. The first kappa shape index (κ1) is 23.5. The van der Waals surface area contributed by atoms with Gasteiger partial charge in [-0.3, -0.25) is 4.79 Å². The van der Waals surface area contributed by atoms with E-state index in [9.17, 15) is 4.79 Å². The Labute approximate surface area is 194 Å². The molecule has 8 heteroatoms. The number of hydrogen-bond acceptors (Lipinski definition) is 4. The van der Waals surface area contributed by atoms with Gasteiger partial charge in [-0.2, -0.15) is 0 Å². The van der Waals surface area contributed by atoms with E-state index in [2.05, 4.69) is 61.9 Å². The maximum absolute atomic E-state index is 12.0. The SMILES string of the molecule is CN(C)C(=O)CN=C(NCCc1ccccc1)N1CCN(c2cccs2)CC1.I. The number of halogens is 1. The third-order valence-electron chi connectivity index (χ3n) is 4.80. The number of thiophene rings is 1. The summed E-state index contributed by atoms with van der Waals surface area (Å²) in [7, 11) is 3.53. The normalized spacial score (nSPS) is 14.3. The molecule has 1 saturated heterocycles. The van der Waals surface area contributed by atoms with E-state index < -0.39 is 0 Å². The van der Waals surface area contributed by atoms with Crippen molar-refractivity contribution in [3.63, 3.8) is 0 Å². The minimum Gasteiger partial charge on any atom is -0.360 e. The quantitative estimate of drug-likeness (QED) is 0.357. The van der Waals surface area contributed by atoms with E-state index in [1.165, 1.54) is 10.6 Å². The summed E-state index contributed by atoms with van der Waals surface area (Å²) in [5.41, 5.74) is 1.29. The van der Waals surface area contributed by atoms with E-state index in [1.54, 1.807) is 30.3 Å². The molecule has 1 aliphatic rings. The number of benzene rings is 1. The Morgan fingerprint density at radius 2 is 1.83 bits per heavy atom. The predicted octanol–water partition coefficient (Wildman–Crippen LogP) is 2.76. The van der Waals surface area contributed by atoms with Gasteiger partial charge in [0.15, 0.2) is 5.96 Å². The molecule has 1 aromatic carbocycles. The molecule has 1 fully saturated rings. The first-order valence-electron chi connectivity index (χ1n) is 9.69. The molecule has 0 spiro atoms. The average molecular weight is 527 g/mol. The number of anilines is 1. The van der Waals surface area contributed by atoms with Crippen molar-refractivity contribution in [1.29, 1.82) is 0 Å². The van der Waals surface area contributed by atoms with Crippen molar-refractivity contribution in [3.8, 4) is 0 Å². The Kier molecular flexibility index (Phi) is 9.72. The topological polar surface area (TPSA) is 51.2 Å². The molecule has 0 saturated carbocycles. The highest BCUT2D eigenvalue weighted by atomic mass is 127. The van der Waals surface area contributed by atoms with Crippen molar-refractivity contribution in [2.45, 2.75) is 6.42 Å². The van der Waals surface area contributed by atoms with E-state index >= 15 is 0 Å². The lowest BCUT2D eigenvalue weighted by molar-refractivity contribution is -0.127.